The molecule has 1 rings (SSSR count). The molecule has 1 saturated heterocycles. The fourth-order valence-electron chi connectivity index (χ4n) is 2.14. The molecule has 6 atom stereocenters. The Morgan fingerprint density at radius 3 is 2.43 bits per heavy atom. The summed E-state index contributed by atoms with van der Waals surface area (Å²) in [5.41, 5.74) is 0. The minimum atomic E-state index is -2.78. The molecule has 1 aliphatic rings. The first kappa shape index (κ1) is 17.8. The van der Waals surface area contributed by atoms with Crippen LogP contribution in [-0.2, 0) is 14.3 Å². The molecule has 1 aliphatic heterocycles. The van der Waals surface area contributed by atoms with Gasteiger partial charge in [-0.25, -0.2) is 4.79 Å². The normalized spacial score (nSPS) is 35.8. The molecule has 0 aromatic carbocycles. The largest absolute Gasteiger partial charge is 0.477 e. The van der Waals surface area contributed by atoms with Gasteiger partial charge in [-0.1, -0.05) is 0 Å². The zero-order chi connectivity index (χ0) is 16.4. The molecule has 1 amide bonds. The summed E-state index contributed by atoms with van der Waals surface area (Å²) >= 11 is 0. The third-order valence-electron chi connectivity index (χ3n) is 3.21. The molecular weight excluding hydrogens is 290 g/mol. The molecule has 0 aromatic heterocycles. The molecule has 7 N–H and O–H groups in total. The van der Waals surface area contributed by atoms with Crippen LogP contribution in [0.3, 0.4) is 0 Å². The number of carbonyl (C=O) groups excluding carboxylic acids is 1. The number of carbonyl (C=O) groups is 2. The number of aliphatic hydroxyl groups is 5. The maximum Gasteiger partial charge on any atom is 0.364 e. The van der Waals surface area contributed by atoms with Crippen LogP contribution in [0.1, 0.15) is 13.3 Å². The summed E-state index contributed by atoms with van der Waals surface area (Å²) in [7, 11) is 0. The number of hydrogen-bond donors (Lipinski definition) is 7. The zero-order valence-electron chi connectivity index (χ0n) is 11.2. The molecule has 0 aromatic rings. The average Bonchev–Trinajstić information content (AvgIpc) is 2.39. The molecule has 0 spiro atoms. The molecule has 1 unspecified atom stereocenters. The first-order chi connectivity index (χ1) is 9.62. The van der Waals surface area contributed by atoms with Gasteiger partial charge < -0.3 is 40.7 Å². The van der Waals surface area contributed by atoms with Crippen molar-refractivity contribution < 1.29 is 45.0 Å². The Morgan fingerprint density at radius 1 is 1.43 bits per heavy atom. The lowest BCUT2D eigenvalue weighted by molar-refractivity contribution is -0.295. The molecule has 21 heavy (non-hydrogen) atoms. The SMILES string of the molecule is CC(=O)N[C@H]1[C@H]([C@@H](O)[C@@H](O)CO)OC(O)(C(=O)O)C[C@@H]1O. The number of aliphatic carboxylic acids is 1. The molecule has 0 radical (unpaired) electrons. The summed E-state index contributed by atoms with van der Waals surface area (Å²) in [5.74, 6) is -5.17. The highest BCUT2D eigenvalue weighted by Crippen LogP contribution is 2.30. The fourth-order valence-corrected chi connectivity index (χ4v) is 2.14. The second kappa shape index (κ2) is 6.64. The van der Waals surface area contributed by atoms with E-state index >= 15 is 0 Å². The van der Waals surface area contributed by atoms with E-state index in [0.717, 1.165) is 6.92 Å². The predicted molar refractivity (Wildman–Crippen MR) is 64.8 cm³/mol. The van der Waals surface area contributed by atoms with Crippen molar-refractivity contribution in [1.82, 2.24) is 5.32 Å². The second-order valence-electron chi connectivity index (χ2n) is 4.91. The number of carboxylic acids is 1. The Kier molecular flexibility index (Phi) is 5.61. The minimum Gasteiger partial charge on any atom is -0.477 e. The highest BCUT2D eigenvalue weighted by Gasteiger charge is 2.53. The van der Waals surface area contributed by atoms with Gasteiger partial charge in [-0.15, -0.1) is 0 Å². The first-order valence-corrected chi connectivity index (χ1v) is 6.18. The Morgan fingerprint density at radius 2 is 2.00 bits per heavy atom. The standard InChI is InChI=1S/C11H19NO9/c1-4(14)12-7-5(15)2-11(20,10(18)19)21-9(7)8(17)6(16)3-13/h5-9,13,15-17,20H,2-3H2,1H3,(H,12,14)(H,18,19)/t5-,6-,7+,8-,9+,11?/m0/s1. The van der Waals surface area contributed by atoms with Gasteiger partial charge in [0.05, 0.1) is 18.8 Å². The molecule has 0 bridgehead atoms. The van der Waals surface area contributed by atoms with Crippen molar-refractivity contribution in [1.29, 1.82) is 0 Å². The molecule has 0 saturated carbocycles. The monoisotopic (exact) mass is 309 g/mol. The highest BCUT2D eigenvalue weighted by molar-refractivity contribution is 5.76. The van der Waals surface area contributed by atoms with E-state index in [1.807, 2.05) is 0 Å². The van der Waals surface area contributed by atoms with E-state index in [-0.39, 0.29) is 0 Å². The number of hydrogen-bond acceptors (Lipinski definition) is 8. The first-order valence-electron chi connectivity index (χ1n) is 6.18. The third kappa shape index (κ3) is 3.87. The van der Waals surface area contributed by atoms with Crippen LogP contribution in [0.5, 0.6) is 0 Å². The number of rotatable bonds is 5. The summed E-state index contributed by atoms with van der Waals surface area (Å²) in [6.45, 7) is 0.256. The lowest BCUT2D eigenvalue weighted by atomic mass is 9.88. The smallest absolute Gasteiger partial charge is 0.364 e. The van der Waals surface area contributed by atoms with Crippen LogP contribution in [0.15, 0.2) is 0 Å². The van der Waals surface area contributed by atoms with Crippen molar-refractivity contribution in [3.05, 3.63) is 0 Å². The zero-order valence-corrected chi connectivity index (χ0v) is 11.2. The number of nitrogens with one attached hydrogen (secondary N) is 1. The topological polar surface area (TPSA) is 177 Å². The third-order valence-corrected chi connectivity index (χ3v) is 3.21. The molecule has 10 nitrogen and oxygen atoms in total. The summed E-state index contributed by atoms with van der Waals surface area (Å²) in [4.78, 5) is 22.1. The quantitative estimate of drug-likeness (QED) is 0.268. The van der Waals surface area contributed by atoms with Crippen LogP contribution >= 0.6 is 0 Å². The Labute approximate surface area is 119 Å². The van der Waals surface area contributed by atoms with Gasteiger partial charge in [0.15, 0.2) is 0 Å². The predicted octanol–water partition coefficient (Wildman–Crippen LogP) is -3.87. The molecule has 1 fully saturated rings. The van der Waals surface area contributed by atoms with Gasteiger partial charge in [0.25, 0.3) is 5.79 Å². The van der Waals surface area contributed by atoms with Gasteiger partial charge in [0, 0.05) is 13.3 Å². The molecule has 0 aliphatic carbocycles. The Hall–Kier alpha value is -1.30. The van der Waals surface area contributed by atoms with Crippen molar-refractivity contribution in [2.75, 3.05) is 6.61 Å². The summed E-state index contributed by atoms with van der Waals surface area (Å²) in [6, 6.07) is -1.27. The summed E-state index contributed by atoms with van der Waals surface area (Å²) in [5, 5.41) is 59.0. The lowest BCUT2D eigenvalue weighted by Gasteiger charge is -2.44. The van der Waals surface area contributed by atoms with E-state index in [4.69, 9.17) is 14.9 Å². The minimum absolute atomic E-state index is 0.598. The van der Waals surface area contributed by atoms with Crippen molar-refractivity contribution in [3.63, 3.8) is 0 Å². The van der Waals surface area contributed by atoms with E-state index < -0.39 is 61.1 Å². The van der Waals surface area contributed by atoms with Gasteiger partial charge in [0.1, 0.15) is 18.3 Å². The highest BCUT2D eigenvalue weighted by atomic mass is 16.7. The molecule has 10 heteroatoms. The number of aliphatic hydroxyl groups excluding tert-OH is 4. The van der Waals surface area contributed by atoms with Crippen LogP contribution in [0.25, 0.3) is 0 Å². The average molecular weight is 309 g/mol. The van der Waals surface area contributed by atoms with Gasteiger partial charge in [-0.2, -0.15) is 0 Å². The Balaban J connectivity index is 3.07. The van der Waals surface area contributed by atoms with Crippen LogP contribution in [-0.4, -0.2) is 85.4 Å². The van der Waals surface area contributed by atoms with Crippen molar-refractivity contribution in [3.8, 4) is 0 Å². The van der Waals surface area contributed by atoms with Crippen molar-refractivity contribution in [2.45, 2.75) is 49.6 Å². The van der Waals surface area contributed by atoms with E-state index in [2.05, 4.69) is 5.32 Å². The van der Waals surface area contributed by atoms with Gasteiger partial charge in [0.2, 0.25) is 5.91 Å². The maximum absolute atomic E-state index is 11.1. The Bertz CT molecular complexity index is 403. The van der Waals surface area contributed by atoms with E-state index in [9.17, 15) is 30.0 Å². The van der Waals surface area contributed by atoms with Gasteiger partial charge in [-0.05, 0) is 0 Å². The van der Waals surface area contributed by atoms with Crippen molar-refractivity contribution >= 4 is 11.9 Å². The fraction of sp³-hybridized carbons (Fsp3) is 0.818. The van der Waals surface area contributed by atoms with Crippen LogP contribution in [0.2, 0.25) is 0 Å². The second-order valence-corrected chi connectivity index (χ2v) is 4.91. The molecule has 1 heterocycles. The van der Waals surface area contributed by atoms with E-state index in [1.165, 1.54) is 0 Å². The number of ether oxygens (including phenoxy) is 1. The van der Waals surface area contributed by atoms with Crippen LogP contribution in [0.4, 0.5) is 0 Å². The summed E-state index contributed by atoms with van der Waals surface area (Å²) < 4.78 is 4.86. The summed E-state index contributed by atoms with van der Waals surface area (Å²) in [6.07, 6.45) is -7.48. The van der Waals surface area contributed by atoms with E-state index in [0.29, 0.717) is 0 Å². The van der Waals surface area contributed by atoms with Gasteiger partial charge >= 0.3 is 5.97 Å². The molecular formula is C11H19NO9. The number of amides is 1. The number of carboxylic acid groups (broad SMARTS) is 1. The van der Waals surface area contributed by atoms with E-state index in [1.54, 1.807) is 0 Å². The maximum atomic E-state index is 11.1. The van der Waals surface area contributed by atoms with Gasteiger partial charge in [-0.3, -0.25) is 4.79 Å². The van der Waals surface area contributed by atoms with Crippen LogP contribution in [0, 0.1) is 0 Å². The van der Waals surface area contributed by atoms with Crippen LogP contribution < -0.4 is 5.32 Å². The van der Waals surface area contributed by atoms with Crippen molar-refractivity contribution in [2.24, 2.45) is 0 Å². The molecule has 122 valence electrons. The lowest BCUT2D eigenvalue weighted by Crippen LogP contribution is -2.67.